The Hall–Kier alpha value is -3.35. The molecule has 1 N–H and O–H groups in total. The third-order valence-corrected chi connectivity index (χ3v) is 3.98. The minimum atomic E-state index is -1.18. The number of carboxylic acids is 1. The van der Waals surface area contributed by atoms with E-state index in [1.54, 1.807) is 36.4 Å². The van der Waals surface area contributed by atoms with E-state index in [2.05, 4.69) is 0 Å². The first kappa shape index (κ1) is 16.5. The second kappa shape index (κ2) is 6.27. The van der Waals surface area contributed by atoms with Crippen molar-refractivity contribution in [2.24, 2.45) is 0 Å². The number of nitrogens with zero attached hydrogens (tertiary/aromatic N) is 1. The molecule has 0 fully saturated rings. The Morgan fingerprint density at radius 3 is 2.28 bits per heavy atom. The molecule has 0 radical (unpaired) electrons. The summed E-state index contributed by atoms with van der Waals surface area (Å²) in [7, 11) is 3.06. The normalized spacial score (nSPS) is 13.0. The van der Waals surface area contributed by atoms with Gasteiger partial charge in [0.15, 0.2) is 11.5 Å². The van der Waals surface area contributed by atoms with Crippen molar-refractivity contribution in [2.75, 3.05) is 25.7 Å². The summed E-state index contributed by atoms with van der Waals surface area (Å²) in [6.07, 6.45) is 0. The van der Waals surface area contributed by atoms with Crippen LogP contribution in [0.4, 0.5) is 5.69 Å². The van der Waals surface area contributed by atoms with Crippen LogP contribution in [-0.2, 0) is 9.59 Å². The van der Waals surface area contributed by atoms with Crippen LogP contribution >= 0.6 is 0 Å². The standard InChI is InChI=1S/C18H15NO6/c1-24-14-6-4-11(8-15(14)25-2)10-3-5-13-12(7-10)17(22)18(23)19(13)9-16(20)21/h3-8H,9H2,1-2H3,(H,20,21). The summed E-state index contributed by atoms with van der Waals surface area (Å²) in [6, 6.07) is 10.2. The molecule has 0 unspecified atom stereocenters. The third kappa shape index (κ3) is 2.80. The van der Waals surface area contributed by atoms with E-state index < -0.39 is 24.2 Å². The SMILES string of the molecule is COc1ccc(-c2ccc3c(c2)C(=O)C(=O)N3CC(=O)O)cc1OC. The van der Waals surface area contributed by atoms with Crippen molar-refractivity contribution in [2.45, 2.75) is 0 Å². The maximum atomic E-state index is 12.2. The van der Waals surface area contributed by atoms with E-state index >= 15 is 0 Å². The molecule has 2 aromatic carbocycles. The van der Waals surface area contributed by atoms with Crippen LogP contribution in [0.1, 0.15) is 10.4 Å². The lowest BCUT2D eigenvalue weighted by Crippen LogP contribution is -2.34. The largest absolute Gasteiger partial charge is 0.493 e. The topological polar surface area (TPSA) is 93.1 Å². The molecule has 7 heteroatoms. The number of rotatable bonds is 5. The number of carboxylic acid groups (broad SMARTS) is 1. The van der Waals surface area contributed by atoms with Crippen LogP contribution < -0.4 is 14.4 Å². The molecule has 128 valence electrons. The van der Waals surface area contributed by atoms with Crippen LogP contribution in [0.15, 0.2) is 36.4 Å². The molecule has 1 aliphatic rings. The molecule has 0 aromatic heterocycles. The van der Waals surface area contributed by atoms with Gasteiger partial charge in [-0.3, -0.25) is 19.3 Å². The van der Waals surface area contributed by atoms with Gasteiger partial charge in [-0.2, -0.15) is 0 Å². The summed E-state index contributed by atoms with van der Waals surface area (Å²) >= 11 is 0. The van der Waals surface area contributed by atoms with Crippen LogP contribution in [0.25, 0.3) is 11.1 Å². The highest BCUT2D eigenvalue weighted by atomic mass is 16.5. The number of carbonyl (C=O) groups excluding carboxylic acids is 2. The summed E-state index contributed by atoms with van der Waals surface area (Å²) in [5.41, 5.74) is 1.98. The molecule has 1 amide bonds. The van der Waals surface area contributed by atoms with Crippen molar-refractivity contribution in [3.05, 3.63) is 42.0 Å². The molecular weight excluding hydrogens is 326 g/mol. The number of methoxy groups -OCH3 is 2. The maximum Gasteiger partial charge on any atom is 0.323 e. The molecular formula is C18H15NO6. The Kier molecular flexibility index (Phi) is 4.14. The molecule has 0 atom stereocenters. The smallest absolute Gasteiger partial charge is 0.323 e. The van der Waals surface area contributed by atoms with Gasteiger partial charge in [0.1, 0.15) is 6.54 Å². The van der Waals surface area contributed by atoms with E-state index in [0.29, 0.717) is 22.7 Å². The first-order valence-corrected chi connectivity index (χ1v) is 7.40. The number of Topliss-reactive ketones (excluding diaryl/α,β-unsaturated/α-hetero) is 1. The summed E-state index contributed by atoms with van der Waals surface area (Å²) < 4.78 is 10.5. The minimum absolute atomic E-state index is 0.193. The molecule has 3 rings (SSSR count). The van der Waals surface area contributed by atoms with Crippen molar-refractivity contribution in [1.29, 1.82) is 0 Å². The van der Waals surface area contributed by atoms with Gasteiger partial charge < -0.3 is 14.6 Å². The Morgan fingerprint density at radius 1 is 1.00 bits per heavy atom. The van der Waals surface area contributed by atoms with Gasteiger partial charge >= 0.3 is 5.97 Å². The fourth-order valence-corrected chi connectivity index (χ4v) is 2.79. The summed E-state index contributed by atoms with van der Waals surface area (Å²) in [5, 5.41) is 8.91. The molecule has 0 spiro atoms. The van der Waals surface area contributed by atoms with Gasteiger partial charge in [0.25, 0.3) is 11.7 Å². The number of anilines is 1. The Balaban J connectivity index is 2.04. The Morgan fingerprint density at radius 2 is 1.64 bits per heavy atom. The van der Waals surface area contributed by atoms with Gasteiger partial charge in [-0.05, 0) is 35.4 Å². The zero-order chi connectivity index (χ0) is 18.1. The van der Waals surface area contributed by atoms with E-state index in [1.165, 1.54) is 14.2 Å². The zero-order valence-electron chi connectivity index (χ0n) is 13.6. The van der Waals surface area contributed by atoms with Gasteiger partial charge in [-0.1, -0.05) is 12.1 Å². The van der Waals surface area contributed by atoms with E-state index in [-0.39, 0.29) is 5.56 Å². The number of aliphatic carboxylic acids is 1. The molecule has 2 aromatic rings. The highest BCUT2D eigenvalue weighted by Crippen LogP contribution is 2.36. The molecule has 0 aliphatic carbocycles. The van der Waals surface area contributed by atoms with Gasteiger partial charge in [0, 0.05) is 0 Å². The number of amides is 1. The number of ketones is 1. The van der Waals surface area contributed by atoms with Gasteiger partial charge in [0.05, 0.1) is 25.5 Å². The van der Waals surface area contributed by atoms with Crippen molar-refractivity contribution in [1.82, 2.24) is 0 Å². The first-order valence-electron chi connectivity index (χ1n) is 7.40. The number of hydrogen-bond donors (Lipinski definition) is 1. The predicted molar refractivity (Wildman–Crippen MR) is 89.3 cm³/mol. The quantitative estimate of drug-likeness (QED) is 0.836. The van der Waals surface area contributed by atoms with Crippen LogP contribution in [0.5, 0.6) is 11.5 Å². The minimum Gasteiger partial charge on any atom is -0.493 e. The molecule has 7 nitrogen and oxygen atoms in total. The molecule has 1 heterocycles. The number of ether oxygens (including phenoxy) is 2. The number of fused-ring (bicyclic) bond motifs is 1. The van der Waals surface area contributed by atoms with Gasteiger partial charge in [-0.25, -0.2) is 0 Å². The summed E-state index contributed by atoms with van der Waals surface area (Å²) in [5.74, 6) is -1.61. The van der Waals surface area contributed by atoms with Crippen LogP contribution in [0, 0.1) is 0 Å². The fraction of sp³-hybridized carbons (Fsp3) is 0.167. The van der Waals surface area contributed by atoms with E-state index in [0.717, 1.165) is 10.5 Å². The van der Waals surface area contributed by atoms with Gasteiger partial charge in [0.2, 0.25) is 0 Å². The second-order valence-electron chi connectivity index (χ2n) is 5.42. The van der Waals surface area contributed by atoms with Gasteiger partial charge in [-0.15, -0.1) is 0 Å². The van der Waals surface area contributed by atoms with E-state index in [9.17, 15) is 14.4 Å². The highest BCUT2D eigenvalue weighted by Gasteiger charge is 2.37. The fourth-order valence-electron chi connectivity index (χ4n) is 2.79. The van der Waals surface area contributed by atoms with Crippen molar-refractivity contribution < 1.29 is 29.0 Å². The van der Waals surface area contributed by atoms with Crippen molar-refractivity contribution >= 4 is 23.3 Å². The highest BCUT2D eigenvalue weighted by molar-refractivity contribution is 6.52. The lowest BCUT2D eigenvalue weighted by atomic mass is 10.0. The lowest BCUT2D eigenvalue weighted by molar-refractivity contribution is -0.136. The monoisotopic (exact) mass is 341 g/mol. The average Bonchev–Trinajstić information content (AvgIpc) is 2.85. The first-order chi connectivity index (χ1) is 12.0. The molecule has 0 saturated carbocycles. The van der Waals surface area contributed by atoms with Crippen LogP contribution in [0.2, 0.25) is 0 Å². The molecule has 0 bridgehead atoms. The second-order valence-corrected chi connectivity index (χ2v) is 5.42. The predicted octanol–water partition coefficient (Wildman–Crippen LogP) is 1.98. The summed E-state index contributed by atoms with van der Waals surface area (Å²) in [6.45, 7) is -0.548. The zero-order valence-corrected chi connectivity index (χ0v) is 13.6. The van der Waals surface area contributed by atoms with Crippen LogP contribution in [-0.4, -0.2) is 43.5 Å². The number of hydrogen-bond acceptors (Lipinski definition) is 5. The Bertz CT molecular complexity index is 889. The number of carbonyl (C=O) groups is 3. The number of benzene rings is 2. The maximum absolute atomic E-state index is 12.2. The van der Waals surface area contributed by atoms with Crippen molar-refractivity contribution in [3.8, 4) is 22.6 Å². The third-order valence-electron chi connectivity index (χ3n) is 3.98. The average molecular weight is 341 g/mol. The molecule has 1 aliphatic heterocycles. The Labute approximate surface area is 143 Å². The summed E-state index contributed by atoms with van der Waals surface area (Å²) in [4.78, 5) is 36.0. The lowest BCUT2D eigenvalue weighted by Gasteiger charge is -2.14. The molecule has 0 saturated heterocycles. The molecule has 25 heavy (non-hydrogen) atoms. The van der Waals surface area contributed by atoms with Crippen molar-refractivity contribution in [3.63, 3.8) is 0 Å². The van der Waals surface area contributed by atoms with E-state index in [4.69, 9.17) is 14.6 Å². The van der Waals surface area contributed by atoms with Crippen LogP contribution in [0.3, 0.4) is 0 Å². The van der Waals surface area contributed by atoms with E-state index in [1.807, 2.05) is 0 Å².